The Balaban J connectivity index is 1.78. The summed E-state index contributed by atoms with van der Waals surface area (Å²) in [4.78, 5) is 18.3. The van der Waals surface area contributed by atoms with Crippen LogP contribution in [-0.4, -0.2) is 44.9 Å². The molecule has 0 bridgehead atoms. The highest BCUT2D eigenvalue weighted by molar-refractivity contribution is 6.29. The van der Waals surface area contributed by atoms with Crippen molar-refractivity contribution >= 4 is 29.1 Å². The Hall–Kier alpha value is -2.67. The maximum atomic E-state index is 12.2. The lowest BCUT2D eigenvalue weighted by molar-refractivity contribution is 0.0270. The molecule has 8 heteroatoms. The first-order valence-corrected chi connectivity index (χ1v) is 9.03. The van der Waals surface area contributed by atoms with Crippen LogP contribution in [0.4, 0.5) is 10.6 Å². The fourth-order valence-corrected chi connectivity index (χ4v) is 2.93. The summed E-state index contributed by atoms with van der Waals surface area (Å²) in [5.41, 5.74) is 8.90. The van der Waals surface area contributed by atoms with Gasteiger partial charge in [0.05, 0.1) is 5.69 Å². The first-order valence-electron chi connectivity index (χ1n) is 8.65. The quantitative estimate of drug-likeness (QED) is 0.842. The average molecular weight is 388 g/mol. The fraction of sp³-hybridized carbons (Fsp3) is 0.368. The summed E-state index contributed by atoms with van der Waals surface area (Å²) >= 11 is 5.93. The predicted molar refractivity (Wildman–Crippen MR) is 105 cm³/mol. The summed E-state index contributed by atoms with van der Waals surface area (Å²) in [6.45, 7) is 6.69. The molecule has 27 heavy (non-hydrogen) atoms. The van der Waals surface area contributed by atoms with Crippen molar-refractivity contribution in [1.29, 1.82) is 0 Å². The lowest BCUT2D eigenvalue weighted by Gasteiger charge is -2.29. The maximum absolute atomic E-state index is 12.2. The third kappa shape index (κ3) is 4.74. The van der Waals surface area contributed by atoms with Crippen LogP contribution in [0.2, 0.25) is 5.15 Å². The molecule has 0 aliphatic carbocycles. The maximum Gasteiger partial charge on any atom is 0.410 e. The van der Waals surface area contributed by atoms with Crippen LogP contribution in [0, 0.1) is 0 Å². The number of nitrogen functional groups attached to an aromatic ring is 1. The molecule has 0 atom stereocenters. The van der Waals surface area contributed by atoms with E-state index >= 15 is 0 Å². The second-order valence-corrected chi connectivity index (χ2v) is 7.69. The van der Waals surface area contributed by atoms with Crippen molar-refractivity contribution in [2.75, 3.05) is 18.8 Å². The van der Waals surface area contributed by atoms with Crippen molar-refractivity contribution in [3.05, 3.63) is 41.2 Å². The molecule has 142 valence electrons. The molecule has 1 aliphatic rings. The van der Waals surface area contributed by atoms with Gasteiger partial charge in [-0.15, -0.1) is 10.2 Å². The standard InChI is InChI=1S/C19H22ClN5O2/c1-19(2,3)27-18(26)25-8-5-12(6-9-25)13-4-7-22-15(10-13)14-11-16(20)23-24-17(14)21/h4-5,7,10-11H,6,8-9H2,1-3H3,(H2,21,24). The summed E-state index contributed by atoms with van der Waals surface area (Å²) in [5.74, 6) is 0.276. The summed E-state index contributed by atoms with van der Waals surface area (Å²) < 4.78 is 5.43. The van der Waals surface area contributed by atoms with Gasteiger partial charge in [0.25, 0.3) is 0 Å². The minimum Gasteiger partial charge on any atom is -0.444 e. The second kappa shape index (κ2) is 7.52. The molecular formula is C19H22ClN5O2. The summed E-state index contributed by atoms with van der Waals surface area (Å²) in [5, 5.41) is 7.83. The number of amides is 1. The van der Waals surface area contributed by atoms with E-state index in [1.165, 1.54) is 0 Å². The van der Waals surface area contributed by atoms with Crippen LogP contribution < -0.4 is 5.73 Å². The van der Waals surface area contributed by atoms with E-state index in [9.17, 15) is 4.79 Å². The van der Waals surface area contributed by atoms with Gasteiger partial charge in [-0.1, -0.05) is 17.7 Å². The van der Waals surface area contributed by atoms with Crippen LogP contribution in [-0.2, 0) is 4.74 Å². The molecule has 0 aromatic carbocycles. The SMILES string of the molecule is CC(C)(C)OC(=O)N1CC=C(c2ccnc(-c3cc(Cl)nnc3N)c2)CC1. The van der Waals surface area contributed by atoms with Gasteiger partial charge < -0.3 is 15.4 Å². The number of carbonyl (C=O) groups excluding carboxylic acids is 1. The summed E-state index contributed by atoms with van der Waals surface area (Å²) in [6, 6.07) is 5.53. The molecule has 0 spiro atoms. The van der Waals surface area contributed by atoms with E-state index in [0.29, 0.717) is 24.3 Å². The van der Waals surface area contributed by atoms with E-state index in [0.717, 1.165) is 17.6 Å². The monoisotopic (exact) mass is 387 g/mol. The first-order chi connectivity index (χ1) is 12.7. The Labute approximate surface area is 163 Å². The Bertz CT molecular complexity index is 892. The Morgan fingerprint density at radius 2 is 2.07 bits per heavy atom. The minimum atomic E-state index is -0.499. The highest BCUT2D eigenvalue weighted by atomic mass is 35.5. The van der Waals surface area contributed by atoms with Crippen LogP contribution >= 0.6 is 11.6 Å². The number of nitrogens with zero attached hydrogens (tertiary/aromatic N) is 4. The van der Waals surface area contributed by atoms with Crippen molar-refractivity contribution in [3.8, 4) is 11.3 Å². The zero-order valence-electron chi connectivity index (χ0n) is 15.6. The molecule has 7 nitrogen and oxygen atoms in total. The zero-order valence-corrected chi connectivity index (χ0v) is 16.3. The molecule has 2 aromatic rings. The van der Waals surface area contributed by atoms with Gasteiger partial charge in [0.15, 0.2) is 11.0 Å². The van der Waals surface area contributed by atoms with E-state index in [4.69, 9.17) is 22.1 Å². The van der Waals surface area contributed by atoms with Crippen LogP contribution in [0.3, 0.4) is 0 Å². The lowest BCUT2D eigenvalue weighted by atomic mass is 9.99. The van der Waals surface area contributed by atoms with Crippen LogP contribution in [0.15, 0.2) is 30.5 Å². The molecule has 1 aliphatic heterocycles. The molecule has 3 heterocycles. The molecule has 0 saturated carbocycles. The van der Waals surface area contributed by atoms with Gasteiger partial charge in [0.2, 0.25) is 0 Å². The fourth-order valence-electron chi connectivity index (χ4n) is 2.78. The minimum absolute atomic E-state index is 0.260. The predicted octanol–water partition coefficient (Wildman–Crippen LogP) is 3.80. The van der Waals surface area contributed by atoms with E-state index in [-0.39, 0.29) is 17.1 Å². The van der Waals surface area contributed by atoms with Gasteiger partial charge in [-0.3, -0.25) is 4.98 Å². The largest absolute Gasteiger partial charge is 0.444 e. The van der Waals surface area contributed by atoms with Crippen molar-refractivity contribution in [2.24, 2.45) is 0 Å². The first kappa shape index (κ1) is 19.1. The molecule has 0 saturated heterocycles. The van der Waals surface area contributed by atoms with Crippen LogP contribution in [0.25, 0.3) is 16.8 Å². The number of ether oxygens (including phenoxy) is 1. The molecule has 2 aromatic heterocycles. The highest BCUT2D eigenvalue weighted by Crippen LogP contribution is 2.29. The third-order valence-corrected chi connectivity index (χ3v) is 4.24. The normalized spacial score (nSPS) is 14.7. The highest BCUT2D eigenvalue weighted by Gasteiger charge is 2.24. The molecule has 1 amide bonds. The van der Waals surface area contributed by atoms with Crippen LogP contribution in [0.5, 0.6) is 0 Å². The number of nitrogens with two attached hydrogens (primary N) is 1. The van der Waals surface area contributed by atoms with Gasteiger partial charge >= 0.3 is 6.09 Å². The topological polar surface area (TPSA) is 94.2 Å². The number of hydrogen-bond donors (Lipinski definition) is 1. The van der Waals surface area contributed by atoms with Crippen molar-refractivity contribution in [2.45, 2.75) is 32.8 Å². The number of rotatable bonds is 2. The van der Waals surface area contributed by atoms with E-state index < -0.39 is 5.60 Å². The number of anilines is 1. The Kier molecular flexibility index (Phi) is 5.32. The van der Waals surface area contributed by atoms with Crippen molar-refractivity contribution in [1.82, 2.24) is 20.1 Å². The molecule has 2 N–H and O–H groups in total. The third-order valence-electron chi connectivity index (χ3n) is 4.06. The number of carbonyl (C=O) groups is 1. The van der Waals surface area contributed by atoms with Gasteiger partial charge in [0.1, 0.15) is 5.60 Å². The van der Waals surface area contributed by atoms with Gasteiger partial charge in [-0.2, -0.15) is 0 Å². The lowest BCUT2D eigenvalue weighted by Crippen LogP contribution is -2.39. The average Bonchev–Trinajstić information content (AvgIpc) is 2.62. The van der Waals surface area contributed by atoms with Crippen LogP contribution in [0.1, 0.15) is 32.8 Å². The number of halogens is 1. The number of hydrogen-bond acceptors (Lipinski definition) is 6. The summed E-state index contributed by atoms with van der Waals surface area (Å²) in [7, 11) is 0. The summed E-state index contributed by atoms with van der Waals surface area (Å²) in [6.07, 6.45) is 4.19. The smallest absolute Gasteiger partial charge is 0.410 e. The molecule has 0 fully saturated rings. The number of pyridine rings is 1. The van der Waals surface area contributed by atoms with Gasteiger partial charge in [0, 0.05) is 24.8 Å². The van der Waals surface area contributed by atoms with Gasteiger partial charge in [-0.25, -0.2) is 4.79 Å². The van der Waals surface area contributed by atoms with E-state index in [1.807, 2.05) is 39.0 Å². The van der Waals surface area contributed by atoms with Crippen molar-refractivity contribution < 1.29 is 9.53 Å². The second-order valence-electron chi connectivity index (χ2n) is 7.30. The van der Waals surface area contributed by atoms with E-state index in [2.05, 4.69) is 15.2 Å². The Morgan fingerprint density at radius 1 is 1.30 bits per heavy atom. The molecular weight excluding hydrogens is 366 g/mol. The van der Waals surface area contributed by atoms with Gasteiger partial charge in [-0.05, 0) is 56.5 Å². The molecule has 0 unspecified atom stereocenters. The number of aromatic nitrogens is 3. The van der Waals surface area contributed by atoms with E-state index in [1.54, 1.807) is 17.2 Å². The zero-order chi connectivity index (χ0) is 19.6. The van der Waals surface area contributed by atoms with Crippen molar-refractivity contribution in [3.63, 3.8) is 0 Å². The molecule has 3 rings (SSSR count). The Morgan fingerprint density at radius 3 is 2.74 bits per heavy atom. The molecule has 0 radical (unpaired) electrons.